The average molecular weight is 175 g/mol. The van der Waals surface area contributed by atoms with Crippen molar-refractivity contribution in [3.63, 3.8) is 0 Å². The first-order chi connectivity index (χ1) is 5.24. The highest BCUT2D eigenvalue weighted by atomic mass is 35.5. The minimum absolute atomic E-state index is 0.0765. The summed E-state index contributed by atoms with van der Waals surface area (Å²) < 4.78 is 1.45. The lowest BCUT2D eigenvalue weighted by atomic mass is 10.7. The van der Waals surface area contributed by atoms with Crippen LogP contribution >= 0.6 is 11.6 Å². The fourth-order valence-electron chi connectivity index (χ4n) is 0.567. The Hall–Kier alpha value is -1.10. The van der Waals surface area contributed by atoms with Crippen LogP contribution in [-0.2, 0) is 11.8 Å². The minimum Gasteiger partial charge on any atom is -0.294 e. The second kappa shape index (κ2) is 3.34. The normalized spacial score (nSPS) is 9.64. The van der Waals surface area contributed by atoms with Crippen molar-refractivity contribution in [1.82, 2.24) is 14.8 Å². The van der Waals surface area contributed by atoms with Gasteiger partial charge in [-0.15, -0.1) is 11.6 Å². The van der Waals surface area contributed by atoms with Gasteiger partial charge < -0.3 is 0 Å². The number of hydrogen-bond acceptors (Lipinski definition) is 3. The van der Waals surface area contributed by atoms with E-state index in [4.69, 9.17) is 11.6 Å². The molecule has 0 radical (unpaired) electrons. The second-order valence-electron chi connectivity index (χ2n) is 1.89. The fraction of sp³-hybridized carbons (Fsp3) is 0.400. The Morgan fingerprint density at radius 3 is 3.09 bits per heavy atom. The first-order valence-electron chi connectivity index (χ1n) is 2.94. The molecule has 1 N–H and O–H groups in total. The van der Waals surface area contributed by atoms with Gasteiger partial charge in [0.05, 0.1) is 0 Å². The van der Waals surface area contributed by atoms with Crippen molar-refractivity contribution in [2.24, 2.45) is 7.05 Å². The maximum atomic E-state index is 10.7. The summed E-state index contributed by atoms with van der Waals surface area (Å²) in [4.78, 5) is 14.5. The number of nitrogens with zero attached hydrogens (tertiary/aromatic N) is 3. The SMILES string of the molecule is Cn1ncnc1NC(=O)CCl. The highest BCUT2D eigenvalue weighted by Gasteiger charge is 2.03. The molecule has 1 aromatic heterocycles. The van der Waals surface area contributed by atoms with Gasteiger partial charge in [0.2, 0.25) is 11.9 Å². The molecule has 0 saturated heterocycles. The lowest BCUT2D eigenvalue weighted by Crippen LogP contribution is -2.15. The third-order valence-electron chi connectivity index (χ3n) is 1.08. The van der Waals surface area contributed by atoms with E-state index in [0.717, 1.165) is 0 Å². The van der Waals surface area contributed by atoms with Crippen LogP contribution in [0.25, 0.3) is 0 Å². The zero-order valence-electron chi connectivity index (χ0n) is 5.91. The molecule has 0 aliphatic heterocycles. The Balaban J connectivity index is 2.64. The molecule has 0 fully saturated rings. The predicted octanol–water partition coefficient (Wildman–Crippen LogP) is -0.00760. The summed E-state index contributed by atoms with van der Waals surface area (Å²) in [7, 11) is 1.68. The standard InChI is InChI=1S/C5H7ClN4O/c1-10-5(7-3-8-10)9-4(11)2-6/h3H,2H2,1H3,(H,7,8,9,11). The van der Waals surface area contributed by atoms with Crippen LogP contribution in [0.15, 0.2) is 6.33 Å². The molecule has 60 valence electrons. The first kappa shape index (κ1) is 8.00. The smallest absolute Gasteiger partial charge is 0.241 e. The van der Waals surface area contributed by atoms with E-state index in [9.17, 15) is 4.79 Å². The molecule has 0 aliphatic rings. The van der Waals surface area contributed by atoms with Gasteiger partial charge in [-0.2, -0.15) is 10.1 Å². The quantitative estimate of drug-likeness (QED) is 0.642. The van der Waals surface area contributed by atoms with Crippen molar-refractivity contribution in [3.05, 3.63) is 6.33 Å². The van der Waals surface area contributed by atoms with Gasteiger partial charge in [0.1, 0.15) is 12.2 Å². The number of carbonyl (C=O) groups excluding carboxylic acids is 1. The van der Waals surface area contributed by atoms with Gasteiger partial charge in [-0.25, -0.2) is 4.68 Å². The van der Waals surface area contributed by atoms with E-state index < -0.39 is 0 Å². The van der Waals surface area contributed by atoms with Gasteiger partial charge in [0, 0.05) is 7.05 Å². The van der Waals surface area contributed by atoms with Gasteiger partial charge in [0.15, 0.2) is 0 Å². The number of halogens is 1. The van der Waals surface area contributed by atoms with Crippen molar-refractivity contribution in [2.75, 3.05) is 11.2 Å². The van der Waals surface area contributed by atoms with E-state index in [0.29, 0.717) is 5.95 Å². The maximum absolute atomic E-state index is 10.7. The van der Waals surface area contributed by atoms with Crippen LogP contribution in [-0.4, -0.2) is 26.6 Å². The van der Waals surface area contributed by atoms with Crippen LogP contribution in [0.1, 0.15) is 0 Å². The summed E-state index contributed by atoms with van der Waals surface area (Å²) >= 11 is 5.25. The van der Waals surface area contributed by atoms with E-state index in [1.807, 2.05) is 0 Å². The van der Waals surface area contributed by atoms with Crippen LogP contribution in [0.4, 0.5) is 5.95 Å². The predicted molar refractivity (Wildman–Crippen MR) is 40.4 cm³/mol. The van der Waals surface area contributed by atoms with Crippen molar-refractivity contribution in [3.8, 4) is 0 Å². The Morgan fingerprint density at radius 1 is 1.91 bits per heavy atom. The number of aromatic nitrogens is 3. The minimum atomic E-state index is -0.289. The molecule has 0 unspecified atom stereocenters. The Labute approximate surface area is 68.4 Å². The fourth-order valence-corrected chi connectivity index (χ4v) is 0.634. The molecule has 11 heavy (non-hydrogen) atoms. The Bertz CT molecular complexity index is 259. The lowest BCUT2D eigenvalue weighted by Gasteiger charge is -1.98. The number of rotatable bonds is 2. The molecule has 1 aromatic rings. The summed E-state index contributed by atoms with van der Waals surface area (Å²) in [6.45, 7) is 0. The third-order valence-corrected chi connectivity index (χ3v) is 1.33. The lowest BCUT2D eigenvalue weighted by molar-refractivity contribution is -0.114. The number of carbonyl (C=O) groups is 1. The average Bonchev–Trinajstić information content (AvgIpc) is 2.37. The Kier molecular flexibility index (Phi) is 2.43. The van der Waals surface area contributed by atoms with Crippen LogP contribution in [0, 0.1) is 0 Å². The number of alkyl halides is 1. The number of amides is 1. The second-order valence-corrected chi connectivity index (χ2v) is 2.16. The molecule has 0 atom stereocenters. The zero-order valence-corrected chi connectivity index (χ0v) is 6.67. The van der Waals surface area contributed by atoms with Gasteiger partial charge in [-0.1, -0.05) is 0 Å². The van der Waals surface area contributed by atoms with E-state index >= 15 is 0 Å². The van der Waals surface area contributed by atoms with Gasteiger partial charge in [-0.3, -0.25) is 10.1 Å². The number of nitrogens with one attached hydrogen (secondary N) is 1. The van der Waals surface area contributed by atoms with Crippen molar-refractivity contribution in [2.45, 2.75) is 0 Å². The van der Waals surface area contributed by atoms with E-state index in [2.05, 4.69) is 15.4 Å². The van der Waals surface area contributed by atoms with Crippen LogP contribution in [0.2, 0.25) is 0 Å². The first-order valence-corrected chi connectivity index (χ1v) is 3.47. The summed E-state index contributed by atoms with van der Waals surface area (Å²) in [6, 6.07) is 0. The molecule has 0 saturated carbocycles. The zero-order chi connectivity index (χ0) is 8.27. The molecular formula is C5H7ClN4O. The molecule has 0 spiro atoms. The molecule has 1 amide bonds. The number of aryl methyl sites for hydroxylation is 1. The van der Waals surface area contributed by atoms with E-state index in [-0.39, 0.29) is 11.8 Å². The molecule has 1 rings (SSSR count). The Morgan fingerprint density at radius 2 is 2.64 bits per heavy atom. The van der Waals surface area contributed by atoms with Crippen LogP contribution in [0.3, 0.4) is 0 Å². The summed E-state index contributed by atoms with van der Waals surface area (Å²) in [5, 5.41) is 6.21. The molecule has 0 bridgehead atoms. The number of hydrogen-bond donors (Lipinski definition) is 1. The molecule has 0 aliphatic carbocycles. The van der Waals surface area contributed by atoms with Gasteiger partial charge in [-0.05, 0) is 0 Å². The third kappa shape index (κ3) is 1.91. The van der Waals surface area contributed by atoms with E-state index in [1.165, 1.54) is 11.0 Å². The van der Waals surface area contributed by atoms with Crippen LogP contribution in [0.5, 0.6) is 0 Å². The summed E-state index contributed by atoms with van der Waals surface area (Å²) in [6.07, 6.45) is 1.35. The maximum Gasteiger partial charge on any atom is 0.241 e. The van der Waals surface area contributed by atoms with Crippen molar-refractivity contribution >= 4 is 23.5 Å². The van der Waals surface area contributed by atoms with Gasteiger partial charge >= 0.3 is 0 Å². The monoisotopic (exact) mass is 174 g/mol. The van der Waals surface area contributed by atoms with E-state index in [1.54, 1.807) is 7.05 Å². The van der Waals surface area contributed by atoms with Crippen molar-refractivity contribution < 1.29 is 4.79 Å². The number of anilines is 1. The van der Waals surface area contributed by atoms with Crippen molar-refractivity contribution in [1.29, 1.82) is 0 Å². The highest BCUT2D eigenvalue weighted by Crippen LogP contribution is 1.96. The largest absolute Gasteiger partial charge is 0.294 e. The van der Waals surface area contributed by atoms with Gasteiger partial charge in [0.25, 0.3) is 0 Å². The molecular weight excluding hydrogens is 168 g/mol. The molecule has 6 heteroatoms. The highest BCUT2D eigenvalue weighted by molar-refractivity contribution is 6.28. The topological polar surface area (TPSA) is 59.8 Å². The molecule has 0 aromatic carbocycles. The van der Waals surface area contributed by atoms with Crippen LogP contribution < -0.4 is 5.32 Å². The molecule has 1 heterocycles. The summed E-state index contributed by atoms with van der Waals surface area (Å²) in [5.41, 5.74) is 0. The molecule has 5 nitrogen and oxygen atoms in total. The summed E-state index contributed by atoms with van der Waals surface area (Å²) in [5.74, 6) is 0.0331.